The minimum atomic E-state index is -4.47. The predicted molar refractivity (Wildman–Crippen MR) is 90.8 cm³/mol. The number of benzene rings is 1. The Hall–Kier alpha value is -2.15. The molecular formula is C18H21F3N4. The van der Waals surface area contributed by atoms with Crippen LogP contribution in [0.5, 0.6) is 0 Å². The van der Waals surface area contributed by atoms with Gasteiger partial charge in [0.1, 0.15) is 5.82 Å². The van der Waals surface area contributed by atoms with Gasteiger partial charge >= 0.3 is 6.18 Å². The zero-order valence-corrected chi connectivity index (χ0v) is 14.0. The molecule has 1 fully saturated rings. The van der Waals surface area contributed by atoms with E-state index >= 15 is 0 Å². The molecule has 1 heterocycles. The SMILES string of the molecule is Cc1c(N)nc(-c2ccccc2C(F)(F)F)nc1C1CCC(N)CC1. The van der Waals surface area contributed by atoms with E-state index in [-0.39, 0.29) is 29.2 Å². The summed E-state index contributed by atoms with van der Waals surface area (Å²) >= 11 is 0. The maximum absolute atomic E-state index is 13.3. The van der Waals surface area contributed by atoms with Crippen molar-refractivity contribution in [2.24, 2.45) is 5.73 Å². The predicted octanol–water partition coefficient (Wildman–Crippen LogP) is 4.04. The minimum absolute atomic E-state index is 0.0286. The fraction of sp³-hybridized carbons (Fsp3) is 0.444. The van der Waals surface area contributed by atoms with Gasteiger partial charge in [-0.1, -0.05) is 18.2 Å². The van der Waals surface area contributed by atoms with Crippen molar-refractivity contribution < 1.29 is 13.2 Å². The standard InChI is InChI=1S/C18H21F3N4/c1-10-15(11-6-8-12(22)9-7-11)24-17(25-16(10)23)13-4-2-3-5-14(13)18(19,20)21/h2-5,11-12H,6-9,22H2,1H3,(H2,23,24,25). The highest BCUT2D eigenvalue weighted by molar-refractivity contribution is 5.63. The van der Waals surface area contributed by atoms with E-state index < -0.39 is 11.7 Å². The molecule has 4 nitrogen and oxygen atoms in total. The average Bonchev–Trinajstić information content (AvgIpc) is 2.57. The third-order valence-corrected chi connectivity index (χ3v) is 4.85. The Morgan fingerprint density at radius 1 is 1.04 bits per heavy atom. The van der Waals surface area contributed by atoms with Crippen LogP contribution in [0.15, 0.2) is 24.3 Å². The Bertz CT molecular complexity index is 765. The molecule has 134 valence electrons. The van der Waals surface area contributed by atoms with E-state index in [1.807, 2.05) is 6.92 Å². The van der Waals surface area contributed by atoms with Crippen molar-refractivity contribution in [2.45, 2.75) is 50.7 Å². The lowest BCUT2D eigenvalue weighted by atomic mass is 9.83. The molecule has 0 amide bonds. The minimum Gasteiger partial charge on any atom is -0.383 e. The van der Waals surface area contributed by atoms with Gasteiger partial charge < -0.3 is 11.5 Å². The van der Waals surface area contributed by atoms with Gasteiger partial charge in [0.05, 0.1) is 11.3 Å². The Morgan fingerprint density at radius 3 is 2.32 bits per heavy atom. The van der Waals surface area contributed by atoms with Crippen molar-refractivity contribution in [2.75, 3.05) is 5.73 Å². The fourth-order valence-corrected chi connectivity index (χ4v) is 3.39. The summed E-state index contributed by atoms with van der Waals surface area (Å²) in [5.74, 6) is 0.412. The van der Waals surface area contributed by atoms with Gasteiger partial charge in [-0.15, -0.1) is 0 Å². The molecule has 1 aromatic heterocycles. The highest BCUT2D eigenvalue weighted by atomic mass is 19.4. The van der Waals surface area contributed by atoms with E-state index in [0.29, 0.717) is 0 Å². The van der Waals surface area contributed by atoms with E-state index in [4.69, 9.17) is 11.5 Å². The van der Waals surface area contributed by atoms with E-state index in [0.717, 1.165) is 43.0 Å². The summed E-state index contributed by atoms with van der Waals surface area (Å²) < 4.78 is 39.9. The number of alkyl halides is 3. The van der Waals surface area contributed by atoms with Crippen LogP contribution in [-0.4, -0.2) is 16.0 Å². The van der Waals surface area contributed by atoms with Gasteiger partial charge in [0.25, 0.3) is 0 Å². The molecular weight excluding hydrogens is 329 g/mol. The molecule has 1 aliphatic carbocycles. The van der Waals surface area contributed by atoms with Gasteiger partial charge in [0.15, 0.2) is 5.82 Å². The molecule has 0 spiro atoms. The van der Waals surface area contributed by atoms with E-state index in [1.54, 1.807) is 6.07 Å². The van der Waals surface area contributed by atoms with Crippen LogP contribution in [0.3, 0.4) is 0 Å². The molecule has 4 N–H and O–H groups in total. The molecule has 0 aliphatic heterocycles. The molecule has 3 rings (SSSR count). The second kappa shape index (κ2) is 6.63. The summed E-state index contributed by atoms with van der Waals surface area (Å²) in [5, 5.41) is 0. The summed E-state index contributed by atoms with van der Waals surface area (Å²) in [7, 11) is 0. The van der Waals surface area contributed by atoms with Gasteiger partial charge in [0, 0.05) is 23.1 Å². The Kier molecular flexibility index (Phi) is 4.69. The summed E-state index contributed by atoms with van der Waals surface area (Å²) in [6, 6.07) is 5.50. The average molecular weight is 350 g/mol. The van der Waals surface area contributed by atoms with Crippen molar-refractivity contribution in [3.63, 3.8) is 0 Å². The number of halogens is 3. The lowest BCUT2D eigenvalue weighted by Crippen LogP contribution is -2.26. The van der Waals surface area contributed by atoms with Crippen LogP contribution in [0, 0.1) is 6.92 Å². The van der Waals surface area contributed by atoms with Crippen LogP contribution in [0.4, 0.5) is 19.0 Å². The first kappa shape index (κ1) is 17.7. The van der Waals surface area contributed by atoms with Crippen molar-refractivity contribution in [1.82, 2.24) is 9.97 Å². The third-order valence-electron chi connectivity index (χ3n) is 4.85. The molecule has 1 saturated carbocycles. The van der Waals surface area contributed by atoms with Gasteiger partial charge in [-0.25, -0.2) is 9.97 Å². The van der Waals surface area contributed by atoms with Crippen LogP contribution in [0.1, 0.15) is 48.4 Å². The molecule has 0 atom stereocenters. The van der Waals surface area contributed by atoms with Crippen molar-refractivity contribution >= 4 is 5.82 Å². The number of nitrogens with two attached hydrogens (primary N) is 2. The van der Waals surface area contributed by atoms with Crippen molar-refractivity contribution in [3.8, 4) is 11.4 Å². The topological polar surface area (TPSA) is 77.8 Å². The smallest absolute Gasteiger partial charge is 0.383 e. The monoisotopic (exact) mass is 350 g/mol. The molecule has 0 radical (unpaired) electrons. The maximum Gasteiger partial charge on any atom is 0.417 e. The van der Waals surface area contributed by atoms with Gasteiger partial charge in [-0.2, -0.15) is 13.2 Å². The van der Waals surface area contributed by atoms with Crippen molar-refractivity contribution in [3.05, 3.63) is 41.1 Å². The van der Waals surface area contributed by atoms with Gasteiger partial charge in [-0.05, 0) is 38.7 Å². The number of hydrogen-bond donors (Lipinski definition) is 2. The lowest BCUT2D eigenvalue weighted by Gasteiger charge is -2.27. The van der Waals surface area contributed by atoms with Crippen LogP contribution in [0.25, 0.3) is 11.4 Å². The molecule has 2 aromatic rings. The van der Waals surface area contributed by atoms with E-state index in [9.17, 15) is 13.2 Å². The van der Waals surface area contributed by atoms with Crippen LogP contribution >= 0.6 is 0 Å². The third kappa shape index (κ3) is 3.61. The van der Waals surface area contributed by atoms with Crippen LogP contribution in [0.2, 0.25) is 0 Å². The first-order valence-corrected chi connectivity index (χ1v) is 8.33. The zero-order valence-electron chi connectivity index (χ0n) is 14.0. The van der Waals surface area contributed by atoms with E-state index in [1.165, 1.54) is 12.1 Å². The Balaban J connectivity index is 2.08. The molecule has 0 unspecified atom stereocenters. The quantitative estimate of drug-likeness (QED) is 0.857. The second-order valence-corrected chi connectivity index (χ2v) is 6.60. The largest absolute Gasteiger partial charge is 0.417 e. The Labute approximate surface area is 144 Å². The highest BCUT2D eigenvalue weighted by Crippen LogP contribution is 2.38. The highest BCUT2D eigenvalue weighted by Gasteiger charge is 2.34. The number of nitrogens with zero attached hydrogens (tertiary/aromatic N) is 2. The zero-order chi connectivity index (χ0) is 18.2. The molecule has 1 aromatic carbocycles. The summed E-state index contributed by atoms with van der Waals surface area (Å²) in [4.78, 5) is 8.62. The summed E-state index contributed by atoms with van der Waals surface area (Å²) in [5.41, 5.74) is 12.6. The second-order valence-electron chi connectivity index (χ2n) is 6.60. The fourth-order valence-electron chi connectivity index (χ4n) is 3.39. The molecule has 0 bridgehead atoms. The van der Waals surface area contributed by atoms with Gasteiger partial charge in [0.2, 0.25) is 0 Å². The molecule has 7 heteroatoms. The van der Waals surface area contributed by atoms with E-state index in [2.05, 4.69) is 9.97 Å². The summed E-state index contributed by atoms with van der Waals surface area (Å²) in [6.07, 6.45) is -1.00. The molecule has 0 saturated heterocycles. The first-order chi connectivity index (χ1) is 11.8. The number of hydrogen-bond acceptors (Lipinski definition) is 4. The molecule has 1 aliphatic rings. The maximum atomic E-state index is 13.3. The number of anilines is 1. The molecule has 25 heavy (non-hydrogen) atoms. The summed E-state index contributed by atoms with van der Waals surface area (Å²) in [6.45, 7) is 1.82. The number of rotatable bonds is 2. The lowest BCUT2D eigenvalue weighted by molar-refractivity contribution is -0.137. The normalized spacial score (nSPS) is 21.3. The Morgan fingerprint density at radius 2 is 1.68 bits per heavy atom. The van der Waals surface area contributed by atoms with Crippen LogP contribution in [-0.2, 0) is 6.18 Å². The van der Waals surface area contributed by atoms with Gasteiger partial charge in [-0.3, -0.25) is 0 Å². The van der Waals surface area contributed by atoms with Crippen LogP contribution < -0.4 is 11.5 Å². The number of nitrogen functional groups attached to an aromatic ring is 1. The number of aromatic nitrogens is 2. The first-order valence-electron chi connectivity index (χ1n) is 8.33. The van der Waals surface area contributed by atoms with Crippen molar-refractivity contribution in [1.29, 1.82) is 0 Å².